The quantitative estimate of drug-likeness (QED) is 0.573. The molecule has 1 aromatic heterocycles. The molecule has 0 atom stereocenters. The maximum absolute atomic E-state index is 11.8. The van der Waals surface area contributed by atoms with Gasteiger partial charge in [-0.15, -0.1) is 0 Å². The zero-order chi connectivity index (χ0) is 16.2. The molecule has 0 radical (unpaired) electrons. The van der Waals surface area contributed by atoms with Gasteiger partial charge < -0.3 is 4.74 Å². The van der Waals surface area contributed by atoms with Gasteiger partial charge >= 0.3 is 0 Å². The Kier molecular flexibility index (Phi) is 4.21. The number of hydrogen-bond donors (Lipinski definition) is 2. The number of fused-ring (bicyclic) bond motifs is 1. The summed E-state index contributed by atoms with van der Waals surface area (Å²) in [6, 6.07) is 16.8. The Morgan fingerprint density at radius 1 is 1.17 bits per heavy atom. The molecule has 0 saturated heterocycles. The molecule has 116 valence electrons. The first-order chi connectivity index (χ1) is 11.2. The molecule has 0 aliphatic rings. The summed E-state index contributed by atoms with van der Waals surface area (Å²) in [4.78, 5) is 16.2. The molecule has 3 aromatic rings. The van der Waals surface area contributed by atoms with Crippen LogP contribution in [0.3, 0.4) is 0 Å². The lowest BCUT2D eigenvalue weighted by molar-refractivity contribution is 0.0708. The number of hydroxylamine groups is 1. The van der Waals surface area contributed by atoms with Gasteiger partial charge in [0.15, 0.2) is 0 Å². The Morgan fingerprint density at radius 2 is 1.96 bits per heavy atom. The zero-order valence-corrected chi connectivity index (χ0v) is 12.6. The molecule has 1 amide bonds. The van der Waals surface area contributed by atoms with E-state index in [4.69, 9.17) is 9.94 Å². The molecule has 0 saturated carbocycles. The van der Waals surface area contributed by atoms with Crippen LogP contribution in [0.5, 0.6) is 5.75 Å². The Labute approximate surface area is 133 Å². The fraction of sp³-hybridized carbons (Fsp3) is 0.111. The van der Waals surface area contributed by atoms with Crippen molar-refractivity contribution in [2.24, 2.45) is 0 Å². The van der Waals surface area contributed by atoms with Crippen LogP contribution >= 0.6 is 0 Å². The molecule has 1 heterocycles. The number of pyridine rings is 1. The summed E-state index contributed by atoms with van der Waals surface area (Å²) in [7, 11) is 0. The number of benzene rings is 2. The topological polar surface area (TPSA) is 71.5 Å². The lowest BCUT2D eigenvalue weighted by atomic mass is 10.1. The zero-order valence-electron chi connectivity index (χ0n) is 12.6. The predicted molar refractivity (Wildman–Crippen MR) is 86.5 cm³/mol. The molecule has 3 rings (SSSR count). The first-order valence-electron chi connectivity index (χ1n) is 7.20. The van der Waals surface area contributed by atoms with Crippen LogP contribution in [0.1, 0.15) is 21.6 Å². The molecule has 0 unspecified atom stereocenters. The monoisotopic (exact) mass is 308 g/mol. The van der Waals surface area contributed by atoms with Crippen molar-refractivity contribution in [3.05, 3.63) is 71.4 Å². The summed E-state index contributed by atoms with van der Waals surface area (Å²) in [5.74, 6) is 0.0692. The van der Waals surface area contributed by atoms with Gasteiger partial charge in [-0.25, -0.2) is 5.48 Å². The smallest absolute Gasteiger partial charge is 0.275 e. The summed E-state index contributed by atoms with van der Waals surface area (Å²) in [5.41, 5.74) is 4.47. The number of aromatic nitrogens is 1. The Hall–Kier alpha value is -2.92. The van der Waals surface area contributed by atoms with E-state index in [-0.39, 0.29) is 0 Å². The number of nitrogens with one attached hydrogen (secondary N) is 1. The van der Waals surface area contributed by atoms with E-state index in [9.17, 15) is 4.79 Å². The summed E-state index contributed by atoms with van der Waals surface area (Å²) < 4.78 is 5.78. The molecule has 0 bridgehead atoms. The highest BCUT2D eigenvalue weighted by molar-refractivity contribution is 6.06. The molecular weight excluding hydrogens is 292 g/mol. The molecular formula is C18H16N2O3. The third-order valence-electron chi connectivity index (χ3n) is 3.50. The third-order valence-corrected chi connectivity index (χ3v) is 3.50. The minimum atomic E-state index is -0.569. The Bertz CT molecular complexity index is 848. The standard InChI is InChI=1S/C18H16N2O3/c1-12-9-16(18(21)20-22)15-10-14(7-8-17(15)19-12)23-11-13-5-3-2-4-6-13/h2-10,22H,11H2,1H3,(H,20,21). The van der Waals surface area contributed by atoms with E-state index in [1.165, 1.54) is 0 Å². The highest BCUT2D eigenvalue weighted by Crippen LogP contribution is 2.24. The average Bonchev–Trinajstić information content (AvgIpc) is 2.59. The first kappa shape index (κ1) is 15.0. The van der Waals surface area contributed by atoms with Crippen LogP contribution in [0.15, 0.2) is 54.6 Å². The van der Waals surface area contributed by atoms with Crippen molar-refractivity contribution in [3.63, 3.8) is 0 Å². The predicted octanol–water partition coefficient (Wildman–Crippen LogP) is 3.24. The van der Waals surface area contributed by atoms with Gasteiger partial charge in [0, 0.05) is 11.1 Å². The van der Waals surface area contributed by atoms with Crippen molar-refractivity contribution in [2.45, 2.75) is 13.5 Å². The van der Waals surface area contributed by atoms with Gasteiger partial charge in [-0.05, 0) is 36.8 Å². The molecule has 0 spiro atoms. The van der Waals surface area contributed by atoms with Gasteiger partial charge in [-0.2, -0.15) is 0 Å². The van der Waals surface area contributed by atoms with Crippen molar-refractivity contribution in [3.8, 4) is 5.75 Å². The summed E-state index contributed by atoms with van der Waals surface area (Å²) in [6.07, 6.45) is 0. The number of carbonyl (C=O) groups is 1. The van der Waals surface area contributed by atoms with Crippen LogP contribution in [0, 0.1) is 6.92 Å². The summed E-state index contributed by atoms with van der Waals surface area (Å²) >= 11 is 0. The van der Waals surface area contributed by atoms with Crippen molar-refractivity contribution in [1.29, 1.82) is 0 Å². The fourth-order valence-electron chi connectivity index (χ4n) is 2.42. The minimum Gasteiger partial charge on any atom is -0.489 e. The van der Waals surface area contributed by atoms with Crippen LogP contribution in [0.25, 0.3) is 10.9 Å². The largest absolute Gasteiger partial charge is 0.489 e. The highest BCUT2D eigenvalue weighted by atomic mass is 16.5. The van der Waals surface area contributed by atoms with Gasteiger partial charge in [0.25, 0.3) is 5.91 Å². The fourth-order valence-corrected chi connectivity index (χ4v) is 2.42. The number of ether oxygens (including phenoxy) is 1. The first-order valence-corrected chi connectivity index (χ1v) is 7.20. The van der Waals surface area contributed by atoms with E-state index in [1.54, 1.807) is 30.6 Å². The Balaban J connectivity index is 1.94. The molecule has 2 aromatic carbocycles. The number of aryl methyl sites for hydroxylation is 1. The van der Waals surface area contributed by atoms with Gasteiger partial charge in [0.2, 0.25) is 0 Å². The van der Waals surface area contributed by atoms with Gasteiger partial charge in [0.1, 0.15) is 12.4 Å². The van der Waals surface area contributed by atoms with E-state index in [0.29, 0.717) is 34.5 Å². The molecule has 2 N–H and O–H groups in total. The van der Waals surface area contributed by atoms with Gasteiger partial charge in [0.05, 0.1) is 11.1 Å². The van der Waals surface area contributed by atoms with E-state index >= 15 is 0 Å². The van der Waals surface area contributed by atoms with Crippen molar-refractivity contribution in [1.82, 2.24) is 10.5 Å². The van der Waals surface area contributed by atoms with Crippen LogP contribution in [-0.4, -0.2) is 16.1 Å². The lowest BCUT2D eigenvalue weighted by Gasteiger charge is -2.10. The van der Waals surface area contributed by atoms with Crippen LogP contribution in [0.2, 0.25) is 0 Å². The number of hydrogen-bond acceptors (Lipinski definition) is 4. The number of carbonyl (C=O) groups excluding carboxylic acids is 1. The maximum Gasteiger partial charge on any atom is 0.275 e. The molecule has 5 nitrogen and oxygen atoms in total. The summed E-state index contributed by atoms with van der Waals surface area (Å²) in [6.45, 7) is 2.24. The molecule has 23 heavy (non-hydrogen) atoms. The SMILES string of the molecule is Cc1cc(C(=O)NO)c2cc(OCc3ccccc3)ccc2n1. The lowest BCUT2D eigenvalue weighted by Crippen LogP contribution is -2.19. The number of nitrogens with zero attached hydrogens (tertiary/aromatic N) is 1. The van der Waals surface area contributed by atoms with E-state index in [0.717, 1.165) is 5.56 Å². The Morgan fingerprint density at radius 3 is 2.70 bits per heavy atom. The second-order valence-electron chi connectivity index (χ2n) is 5.21. The van der Waals surface area contributed by atoms with Crippen LogP contribution < -0.4 is 10.2 Å². The summed E-state index contributed by atoms with van der Waals surface area (Å²) in [5, 5.41) is 9.54. The van der Waals surface area contributed by atoms with Crippen molar-refractivity contribution in [2.75, 3.05) is 0 Å². The minimum absolute atomic E-state index is 0.361. The number of rotatable bonds is 4. The van der Waals surface area contributed by atoms with Crippen LogP contribution in [-0.2, 0) is 6.61 Å². The second kappa shape index (κ2) is 6.46. The van der Waals surface area contributed by atoms with Crippen molar-refractivity contribution < 1.29 is 14.7 Å². The highest BCUT2D eigenvalue weighted by Gasteiger charge is 2.12. The average molecular weight is 308 g/mol. The third kappa shape index (κ3) is 3.30. The van der Waals surface area contributed by atoms with Gasteiger partial charge in [-0.1, -0.05) is 30.3 Å². The van der Waals surface area contributed by atoms with Crippen LogP contribution in [0.4, 0.5) is 0 Å². The van der Waals surface area contributed by atoms with Gasteiger partial charge in [-0.3, -0.25) is 15.0 Å². The molecule has 0 fully saturated rings. The number of amides is 1. The molecule has 0 aliphatic carbocycles. The van der Waals surface area contributed by atoms with E-state index in [1.807, 2.05) is 36.4 Å². The normalized spacial score (nSPS) is 10.5. The maximum atomic E-state index is 11.8. The molecule has 5 heteroatoms. The van der Waals surface area contributed by atoms with E-state index in [2.05, 4.69) is 4.98 Å². The second-order valence-corrected chi connectivity index (χ2v) is 5.21. The van der Waals surface area contributed by atoms with Crippen molar-refractivity contribution >= 4 is 16.8 Å². The molecule has 0 aliphatic heterocycles. The van der Waals surface area contributed by atoms with E-state index < -0.39 is 5.91 Å².